The van der Waals surface area contributed by atoms with Crippen LogP contribution in [0.2, 0.25) is 0 Å². The molecule has 1 aromatic rings. The lowest BCUT2D eigenvalue weighted by atomic mass is 9.88. The second-order valence-electron chi connectivity index (χ2n) is 4.90. The molecule has 0 heterocycles. The zero-order valence-corrected chi connectivity index (χ0v) is 11.6. The molecule has 1 aliphatic rings. The van der Waals surface area contributed by atoms with Gasteiger partial charge in [0.2, 0.25) is 0 Å². The van der Waals surface area contributed by atoms with Crippen LogP contribution >= 0.6 is 12.4 Å². The smallest absolute Gasteiger partial charge is 0.119 e. The molecule has 0 bridgehead atoms. The summed E-state index contributed by atoms with van der Waals surface area (Å²) in [5.74, 6) is 0.981. The Bertz CT molecular complexity index is 365. The summed E-state index contributed by atoms with van der Waals surface area (Å²) < 4.78 is 5.26. The van der Waals surface area contributed by atoms with Crippen molar-refractivity contribution in [1.29, 1.82) is 0 Å². The van der Waals surface area contributed by atoms with Crippen LogP contribution in [-0.2, 0) is 12.8 Å². The largest absolute Gasteiger partial charge is 0.497 e. The number of hydrogen-bond donors (Lipinski definition) is 1. The average Bonchev–Trinajstić information content (AvgIpc) is 2.27. The van der Waals surface area contributed by atoms with E-state index in [1.165, 1.54) is 17.5 Å². The van der Waals surface area contributed by atoms with Crippen LogP contribution in [0.1, 0.15) is 31.4 Å². The minimum absolute atomic E-state index is 0. The molecule has 0 amide bonds. The summed E-state index contributed by atoms with van der Waals surface area (Å²) in [5, 5.41) is 3.62. The molecule has 96 valence electrons. The van der Waals surface area contributed by atoms with E-state index >= 15 is 0 Å². The molecule has 2 nitrogen and oxygen atoms in total. The Morgan fingerprint density at radius 2 is 2.06 bits per heavy atom. The van der Waals surface area contributed by atoms with Gasteiger partial charge in [0.25, 0.3) is 0 Å². The lowest BCUT2D eigenvalue weighted by Crippen LogP contribution is -2.38. The van der Waals surface area contributed by atoms with Crippen molar-refractivity contribution >= 4 is 12.4 Å². The minimum atomic E-state index is 0. The summed E-state index contributed by atoms with van der Waals surface area (Å²) in [6.45, 7) is 4.42. The van der Waals surface area contributed by atoms with E-state index in [1.54, 1.807) is 7.11 Å². The van der Waals surface area contributed by atoms with Crippen LogP contribution in [0.5, 0.6) is 5.75 Å². The highest BCUT2D eigenvalue weighted by molar-refractivity contribution is 5.85. The Morgan fingerprint density at radius 1 is 1.29 bits per heavy atom. The van der Waals surface area contributed by atoms with E-state index in [0.29, 0.717) is 12.1 Å². The molecule has 3 heteroatoms. The zero-order valence-electron chi connectivity index (χ0n) is 10.8. The van der Waals surface area contributed by atoms with Gasteiger partial charge in [-0.25, -0.2) is 0 Å². The highest BCUT2D eigenvalue weighted by atomic mass is 35.5. The van der Waals surface area contributed by atoms with E-state index in [2.05, 4.69) is 37.4 Å². The van der Waals surface area contributed by atoms with E-state index in [9.17, 15) is 0 Å². The van der Waals surface area contributed by atoms with Gasteiger partial charge in [0, 0.05) is 12.1 Å². The number of rotatable bonds is 3. The van der Waals surface area contributed by atoms with Crippen LogP contribution in [0, 0.1) is 0 Å². The molecule has 0 saturated carbocycles. The van der Waals surface area contributed by atoms with Crippen LogP contribution in [0.4, 0.5) is 0 Å². The third kappa shape index (κ3) is 3.62. The van der Waals surface area contributed by atoms with Crippen LogP contribution in [-0.4, -0.2) is 19.2 Å². The Labute approximate surface area is 110 Å². The number of aryl methyl sites for hydroxylation is 1. The highest BCUT2D eigenvalue weighted by Crippen LogP contribution is 2.25. The van der Waals surface area contributed by atoms with E-state index in [1.807, 2.05) is 0 Å². The molecular weight excluding hydrogens is 234 g/mol. The van der Waals surface area contributed by atoms with Crippen LogP contribution in [0.3, 0.4) is 0 Å². The molecule has 1 aliphatic carbocycles. The Morgan fingerprint density at radius 3 is 2.71 bits per heavy atom. The van der Waals surface area contributed by atoms with Crippen molar-refractivity contribution in [2.24, 2.45) is 0 Å². The Kier molecular flexibility index (Phi) is 5.29. The molecule has 0 fully saturated rings. The normalized spacial score (nSPS) is 18.5. The first-order chi connectivity index (χ1) is 7.69. The Hall–Kier alpha value is -0.730. The van der Waals surface area contributed by atoms with Gasteiger partial charge in [-0.3, -0.25) is 0 Å². The maximum Gasteiger partial charge on any atom is 0.119 e. The topological polar surface area (TPSA) is 21.3 Å². The first-order valence-electron chi connectivity index (χ1n) is 6.11. The zero-order chi connectivity index (χ0) is 11.5. The van der Waals surface area contributed by atoms with Crippen molar-refractivity contribution < 1.29 is 4.74 Å². The molecule has 0 radical (unpaired) electrons. The van der Waals surface area contributed by atoms with E-state index in [4.69, 9.17) is 4.74 Å². The molecule has 1 N–H and O–H groups in total. The van der Waals surface area contributed by atoms with Crippen molar-refractivity contribution in [3.63, 3.8) is 0 Å². The molecular formula is C14H22ClNO. The Balaban J connectivity index is 0.00000144. The number of fused-ring (bicyclic) bond motifs is 1. The van der Waals surface area contributed by atoms with E-state index in [-0.39, 0.29) is 12.4 Å². The lowest BCUT2D eigenvalue weighted by Gasteiger charge is -2.27. The third-order valence-corrected chi connectivity index (χ3v) is 3.21. The van der Waals surface area contributed by atoms with Gasteiger partial charge in [0.15, 0.2) is 0 Å². The number of benzene rings is 1. The van der Waals surface area contributed by atoms with Crippen LogP contribution in [0.15, 0.2) is 18.2 Å². The van der Waals surface area contributed by atoms with Crippen molar-refractivity contribution in [3.8, 4) is 5.75 Å². The van der Waals surface area contributed by atoms with Crippen molar-refractivity contribution in [2.75, 3.05) is 7.11 Å². The highest BCUT2D eigenvalue weighted by Gasteiger charge is 2.19. The molecule has 1 aromatic carbocycles. The standard InChI is InChI=1S/C14H21NO.ClH/c1-10(2)15-13-6-4-12-9-14(16-3)7-5-11(12)8-13;/h5,7,9-10,13,15H,4,6,8H2,1-3H3;1H. The van der Waals surface area contributed by atoms with Gasteiger partial charge in [0.1, 0.15) is 5.75 Å². The molecule has 0 aromatic heterocycles. The van der Waals surface area contributed by atoms with E-state index in [0.717, 1.165) is 18.6 Å². The number of ether oxygens (including phenoxy) is 1. The summed E-state index contributed by atoms with van der Waals surface area (Å²) in [4.78, 5) is 0. The quantitative estimate of drug-likeness (QED) is 0.897. The molecule has 0 saturated heterocycles. The number of halogens is 1. The summed E-state index contributed by atoms with van der Waals surface area (Å²) in [5.41, 5.74) is 2.94. The SMILES string of the molecule is COc1ccc2c(c1)CCC(NC(C)C)C2.Cl. The van der Waals surface area contributed by atoms with Crippen molar-refractivity contribution in [1.82, 2.24) is 5.32 Å². The molecule has 1 unspecified atom stereocenters. The first-order valence-corrected chi connectivity index (χ1v) is 6.11. The number of methoxy groups -OCH3 is 1. The monoisotopic (exact) mass is 255 g/mol. The van der Waals surface area contributed by atoms with E-state index < -0.39 is 0 Å². The van der Waals surface area contributed by atoms with Gasteiger partial charge >= 0.3 is 0 Å². The first kappa shape index (κ1) is 14.3. The lowest BCUT2D eigenvalue weighted by molar-refractivity contribution is 0.406. The van der Waals surface area contributed by atoms with Crippen LogP contribution in [0.25, 0.3) is 0 Å². The fourth-order valence-electron chi connectivity index (χ4n) is 2.47. The fourth-order valence-corrected chi connectivity index (χ4v) is 2.47. The summed E-state index contributed by atoms with van der Waals surface area (Å²) in [6, 6.07) is 7.67. The van der Waals surface area contributed by atoms with Gasteiger partial charge < -0.3 is 10.1 Å². The maximum atomic E-state index is 5.26. The van der Waals surface area contributed by atoms with Gasteiger partial charge in [-0.1, -0.05) is 19.9 Å². The molecule has 17 heavy (non-hydrogen) atoms. The summed E-state index contributed by atoms with van der Waals surface area (Å²) in [7, 11) is 1.73. The van der Waals surface area contributed by atoms with Gasteiger partial charge in [-0.05, 0) is 42.5 Å². The maximum absolute atomic E-state index is 5.26. The molecule has 0 aliphatic heterocycles. The van der Waals surface area contributed by atoms with Gasteiger partial charge in [-0.15, -0.1) is 12.4 Å². The average molecular weight is 256 g/mol. The second kappa shape index (κ2) is 6.27. The molecule has 1 atom stereocenters. The van der Waals surface area contributed by atoms with Crippen LogP contribution < -0.4 is 10.1 Å². The summed E-state index contributed by atoms with van der Waals surface area (Å²) >= 11 is 0. The third-order valence-electron chi connectivity index (χ3n) is 3.21. The number of hydrogen-bond acceptors (Lipinski definition) is 2. The predicted octanol–water partition coefficient (Wildman–Crippen LogP) is 2.97. The second-order valence-corrected chi connectivity index (χ2v) is 4.90. The van der Waals surface area contributed by atoms with Gasteiger partial charge in [0.05, 0.1) is 7.11 Å². The predicted molar refractivity (Wildman–Crippen MR) is 74.3 cm³/mol. The molecule has 2 rings (SSSR count). The van der Waals surface area contributed by atoms with Crippen molar-refractivity contribution in [3.05, 3.63) is 29.3 Å². The molecule has 0 spiro atoms. The number of nitrogens with one attached hydrogen (secondary N) is 1. The van der Waals surface area contributed by atoms with Gasteiger partial charge in [-0.2, -0.15) is 0 Å². The minimum Gasteiger partial charge on any atom is -0.497 e. The van der Waals surface area contributed by atoms with Crippen molar-refractivity contribution in [2.45, 2.75) is 45.2 Å². The fraction of sp³-hybridized carbons (Fsp3) is 0.571. The summed E-state index contributed by atoms with van der Waals surface area (Å²) in [6.07, 6.45) is 3.55.